The molecule has 2 N–H and O–H groups in total. The van der Waals surface area contributed by atoms with Crippen LogP contribution < -0.4 is 15.4 Å². The van der Waals surface area contributed by atoms with Crippen LogP contribution in [0.15, 0.2) is 42.7 Å². The SMILES string of the molecule is CCOc1cccc(N(C)CCc2ccncc2)c1N. The maximum atomic E-state index is 6.16. The lowest BCUT2D eigenvalue weighted by atomic mass is 10.1. The summed E-state index contributed by atoms with van der Waals surface area (Å²) in [5, 5.41) is 0. The molecule has 4 nitrogen and oxygen atoms in total. The number of hydrogen-bond donors (Lipinski definition) is 1. The van der Waals surface area contributed by atoms with Crippen LogP contribution in [0.4, 0.5) is 11.4 Å². The summed E-state index contributed by atoms with van der Waals surface area (Å²) in [7, 11) is 2.04. The number of rotatable bonds is 6. The quantitative estimate of drug-likeness (QED) is 0.821. The fourth-order valence-corrected chi connectivity index (χ4v) is 2.11. The van der Waals surface area contributed by atoms with Gasteiger partial charge in [-0.2, -0.15) is 0 Å². The molecule has 0 atom stereocenters. The number of anilines is 2. The molecule has 2 rings (SSSR count). The number of nitrogens with zero attached hydrogens (tertiary/aromatic N) is 2. The van der Waals surface area contributed by atoms with Gasteiger partial charge in [-0.1, -0.05) is 6.07 Å². The molecule has 0 radical (unpaired) electrons. The Morgan fingerprint density at radius 3 is 2.65 bits per heavy atom. The molecule has 0 amide bonds. The zero-order valence-corrected chi connectivity index (χ0v) is 12.0. The first-order chi connectivity index (χ1) is 9.72. The molecule has 0 aliphatic heterocycles. The van der Waals surface area contributed by atoms with E-state index in [-0.39, 0.29) is 0 Å². The highest BCUT2D eigenvalue weighted by atomic mass is 16.5. The molecule has 0 aliphatic rings. The van der Waals surface area contributed by atoms with Crippen molar-refractivity contribution in [2.24, 2.45) is 0 Å². The van der Waals surface area contributed by atoms with Crippen molar-refractivity contribution in [1.82, 2.24) is 4.98 Å². The number of nitrogen functional groups attached to an aromatic ring is 1. The van der Waals surface area contributed by atoms with Gasteiger partial charge in [-0.25, -0.2) is 0 Å². The Bertz CT molecular complexity index is 543. The van der Waals surface area contributed by atoms with Crippen LogP contribution in [-0.4, -0.2) is 25.2 Å². The van der Waals surface area contributed by atoms with Crippen molar-refractivity contribution in [2.45, 2.75) is 13.3 Å². The molecule has 106 valence electrons. The second-order valence-corrected chi connectivity index (χ2v) is 4.65. The summed E-state index contributed by atoms with van der Waals surface area (Å²) in [6.45, 7) is 3.47. The molecule has 1 aromatic heterocycles. The molecule has 0 saturated carbocycles. The Hall–Kier alpha value is -2.23. The third-order valence-corrected chi connectivity index (χ3v) is 3.24. The molecule has 0 spiro atoms. The van der Waals surface area contributed by atoms with Gasteiger partial charge >= 0.3 is 0 Å². The summed E-state index contributed by atoms with van der Waals surface area (Å²) in [5.41, 5.74) is 9.14. The average molecular weight is 271 g/mol. The first kappa shape index (κ1) is 14.2. The minimum atomic E-state index is 0.619. The lowest BCUT2D eigenvalue weighted by molar-refractivity contribution is 0.342. The van der Waals surface area contributed by atoms with Gasteiger partial charge in [0.25, 0.3) is 0 Å². The molecule has 4 heteroatoms. The monoisotopic (exact) mass is 271 g/mol. The van der Waals surface area contributed by atoms with E-state index in [0.29, 0.717) is 12.3 Å². The van der Waals surface area contributed by atoms with E-state index in [1.165, 1.54) is 5.56 Å². The molecule has 0 unspecified atom stereocenters. The van der Waals surface area contributed by atoms with E-state index in [9.17, 15) is 0 Å². The maximum Gasteiger partial charge on any atom is 0.144 e. The van der Waals surface area contributed by atoms with E-state index < -0.39 is 0 Å². The van der Waals surface area contributed by atoms with Crippen molar-refractivity contribution in [1.29, 1.82) is 0 Å². The van der Waals surface area contributed by atoms with Crippen LogP contribution in [0.25, 0.3) is 0 Å². The Morgan fingerprint density at radius 1 is 1.20 bits per heavy atom. The maximum absolute atomic E-state index is 6.16. The van der Waals surface area contributed by atoms with Gasteiger partial charge in [-0.05, 0) is 43.2 Å². The summed E-state index contributed by atoms with van der Waals surface area (Å²) < 4.78 is 5.53. The van der Waals surface area contributed by atoms with Gasteiger partial charge in [0.2, 0.25) is 0 Å². The molecule has 1 aromatic carbocycles. The zero-order chi connectivity index (χ0) is 14.4. The second-order valence-electron chi connectivity index (χ2n) is 4.65. The Kier molecular flexibility index (Phi) is 4.82. The van der Waals surface area contributed by atoms with Crippen molar-refractivity contribution in [2.75, 3.05) is 30.8 Å². The van der Waals surface area contributed by atoms with Gasteiger partial charge in [0, 0.05) is 26.0 Å². The number of aromatic nitrogens is 1. The van der Waals surface area contributed by atoms with Crippen molar-refractivity contribution in [3.8, 4) is 5.75 Å². The molecule has 0 saturated heterocycles. The number of hydrogen-bond acceptors (Lipinski definition) is 4. The van der Waals surface area contributed by atoms with Gasteiger partial charge in [0.15, 0.2) is 0 Å². The smallest absolute Gasteiger partial charge is 0.144 e. The topological polar surface area (TPSA) is 51.4 Å². The van der Waals surface area contributed by atoms with Crippen LogP contribution in [0.1, 0.15) is 12.5 Å². The van der Waals surface area contributed by atoms with Gasteiger partial charge in [-0.3, -0.25) is 4.98 Å². The third-order valence-electron chi connectivity index (χ3n) is 3.24. The zero-order valence-electron chi connectivity index (χ0n) is 12.0. The van der Waals surface area contributed by atoms with Crippen LogP contribution in [0.3, 0.4) is 0 Å². The van der Waals surface area contributed by atoms with E-state index in [0.717, 1.165) is 24.4 Å². The lowest BCUT2D eigenvalue weighted by Gasteiger charge is -2.22. The highest BCUT2D eigenvalue weighted by Gasteiger charge is 2.09. The molecule has 2 aromatic rings. The van der Waals surface area contributed by atoms with Gasteiger partial charge in [0.05, 0.1) is 18.0 Å². The number of likely N-dealkylation sites (N-methyl/N-ethyl adjacent to an activating group) is 1. The minimum absolute atomic E-state index is 0.619. The summed E-state index contributed by atoms with van der Waals surface area (Å²) >= 11 is 0. The van der Waals surface area contributed by atoms with Crippen molar-refractivity contribution >= 4 is 11.4 Å². The van der Waals surface area contributed by atoms with Crippen LogP contribution in [0.2, 0.25) is 0 Å². The standard InChI is InChI=1S/C16H21N3O/c1-3-20-15-6-4-5-14(16(15)17)19(2)12-9-13-7-10-18-11-8-13/h4-8,10-11H,3,9,12,17H2,1-2H3. The lowest BCUT2D eigenvalue weighted by Crippen LogP contribution is -2.21. The summed E-state index contributed by atoms with van der Waals surface area (Å²) in [6.07, 6.45) is 4.59. The average Bonchev–Trinajstić information content (AvgIpc) is 2.48. The van der Waals surface area contributed by atoms with E-state index in [4.69, 9.17) is 10.5 Å². The van der Waals surface area contributed by atoms with Crippen LogP contribution >= 0.6 is 0 Å². The largest absolute Gasteiger partial charge is 0.492 e. The van der Waals surface area contributed by atoms with E-state index >= 15 is 0 Å². The highest BCUT2D eigenvalue weighted by Crippen LogP contribution is 2.31. The normalized spacial score (nSPS) is 10.3. The Labute approximate surface area is 120 Å². The van der Waals surface area contributed by atoms with E-state index in [2.05, 4.69) is 9.88 Å². The van der Waals surface area contributed by atoms with Gasteiger partial charge in [-0.15, -0.1) is 0 Å². The van der Waals surface area contributed by atoms with Crippen LogP contribution in [0.5, 0.6) is 5.75 Å². The highest BCUT2D eigenvalue weighted by molar-refractivity contribution is 5.73. The van der Waals surface area contributed by atoms with Crippen molar-refractivity contribution in [3.63, 3.8) is 0 Å². The Balaban J connectivity index is 2.05. The van der Waals surface area contributed by atoms with Gasteiger partial charge < -0.3 is 15.4 Å². The first-order valence-corrected chi connectivity index (χ1v) is 6.83. The van der Waals surface area contributed by atoms with Crippen LogP contribution in [0, 0.1) is 0 Å². The third kappa shape index (κ3) is 3.41. The fourth-order valence-electron chi connectivity index (χ4n) is 2.11. The molecular formula is C16H21N3O. The molecule has 0 bridgehead atoms. The summed E-state index contributed by atoms with van der Waals surface area (Å²) in [6, 6.07) is 9.96. The molecule has 20 heavy (non-hydrogen) atoms. The van der Waals surface area contributed by atoms with Crippen LogP contribution in [-0.2, 0) is 6.42 Å². The predicted molar refractivity (Wildman–Crippen MR) is 83.2 cm³/mol. The number of para-hydroxylation sites is 1. The number of benzene rings is 1. The van der Waals surface area contributed by atoms with Crippen molar-refractivity contribution < 1.29 is 4.74 Å². The molecule has 0 aliphatic carbocycles. The van der Waals surface area contributed by atoms with Gasteiger partial charge in [0.1, 0.15) is 5.75 Å². The molecule has 1 heterocycles. The van der Waals surface area contributed by atoms with E-state index in [1.807, 2.05) is 56.7 Å². The first-order valence-electron chi connectivity index (χ1n) is 6.83. The van der Waals surface area contributed by atoms with Crippen molar-refractivity contribution in [3.05, 3.63) is 48.3 Å². The minimum Gasteiger partial charge on any atom is -0.492 e. The predicted octanol–water partition coefficient (Wildman–Crippen LogP) is 2.74. The number of nitrogens with two attached hydrogens (primary N) is 1. The Morgan fingerprint density at radius 2 is 1.95 bits per heavy atom. The van der Waals surface area contributed by atoms with E-state index in [1.54, 1.807) is 0 Å². The summed E-state index contributed by atoms with van der Waals surface area (Å²) in [4.78, 5) is 6.18. The number of pyridine rings is 1. The molecular weight excluding hydrogens is 250 g/mol. The second kappa shape index (κ2) is 6.80. The number of ether oxygens (including phenoxy) is 1. The fraction of sp³-hybridized carbons (Fsp3) is 0.312. The molecule has 0 fully saturated rings. The summed E-state index contributed by atoms with van der Waals surface area (Å²) in [5.74, 6) is 0.751.